The number of hydrogen-bond acceptors (Lipinski definition) is 3. The lowest BCUT2D eigenvalue weighted by atomic mass is 9.91. The Morgan fingerprint density at radius 3 is 2.38 bits per heavy atom. The van der Waals surface area contributed by atoms with Crippen molar-refractivity contribution < 1.29 is 14.8 Å². The molecular weight excluding hydrogens is 338 g/mol. The van der Waals surface area contributed by atoms with E-state index in [1.165, 1.54) is 6.07 Å². The van der Waals surface area contributed by atoms with Crippen molar-refractivity contribution in [3.63, 3.8) is 0 Å². The van der Waals surface area contributed by atoms with E-state index in [2.05, 4.69) is 15.9 Å². The maximum absolute atomic E-state index is 11.5. The van der Waals surface area contributed by atoms with Crippen LogP contribution in [0.1, 0.15) is 17.0 Å². The van der Waals surface area contributed by atoms with Gasteiger partial charge in [-0.25, -0.2) is 0 Å². The predicted octanol–water partition coefficient (Wildman–Crippen LogP) is 3.77. The lowest BCUT2D eigenvalue weighted by molar-refractivity contribution is -0.385. The van der Waals surface area contributed by atoms with Crippen LogP contribution in [0.25, 0.3) is 0 Å². The molecule has 5 nitrogen and oxygen atoms in total. The van der Waals surface area contributed by atoms with Crippen LogP contribution in [0.4, 0.5) is 5.69 Å². The number of para-hydroxylation sites is 1. The molecule has 0 heterocycles. The van der Waals surface area contributed by atoms with Gasteiger partial charge in [0.1, 0.15) is 0 Å². The number of rotatable bonds is 5. The van der Waals surface area contributed by atoms with E-state index in [-0.39, 0.29) is 12.1 Å². The van der Waals surface area contributed by atoms with E-state index in [9.17, 15) is 20.0 Å². The van der Waals surface area contributed by atoms with Gasteiger partial charge in [-0.05, 0) is 24.1 Å². The summed E-state index contributed by atoms with van der Waals surface area (Å²) in [6, 6.07) is 13.1. The highest BCUT2D eigenvalue weighted by Crippen LogP contribution is 2.27. The molecule has 0 aliphatic carbocycles. The van der Waals surface area contributed by atoms with Gasteiger partial charge in [-0.3, -0.25) is 14.9 Å². The molecule has 0 aromatic heterocycles. The zero-order valence-electron chi connectivity index (χ0n) is 10.9. The highest BCUT2D eigenvalue weighted by Gasteiger charge is 2.24. The van der Waals surface area contributed by atoms with Crippen LogP contribution in [0.2, 0.25) is 0 Å². The van der Waals surface area contributed by atoms with Crippen molar-refractivity contribution in [2.45, 2.75) is 12.3 Å². The van der Waals surface area contributed by atoms with Crippen LogP contribution in [0.15, 0.2) is 53.0 Å². The Morgan fingerprint density at radius 1 is 1.19 bits per heavy atom. The molecule has 1 unspecified atom stereocenters. The van der Waals surface area contributed by atoms with Crippen LogP contribution in [-0.2, 0) is 11.2 Å². The van der Waals surface area contributed by atoms with Gasteiger partial charge in [-0.1, -0.05) is 46.3 Å². The Morgan fingerprint density at radius 2 is 1.81 bits per heavy atom. The summed E-state index contributed by atoms with van der Waals surface area (Å²) in [5.74, 6) is -1.82. The van der Waals surface area contributed by atoms with Crippen LogP contribution in [0.3, 0.4) is 0 Å². The summed E-state index contributed by atoms with van der Waals surface area (Å²) in [6.45, 7) is 0. The molecule has 108 valence electrons. The molecule has 0 spiro atoms. The van der Waals surface area contributed by atoms with Gasteiger partial charge in [-0.2, -0.15) is 0 Å². The molecule has 2 aromatic carbocycles. The third-order valence-electron chi connectivity index (χ3n) is 3.18. The molecule has 2 aromatic rings. The van der Waals surface area contributed by atoms with Crippen molar-refractivity contribution in [2.24, 2.45) is 0 Å². The Hall–Kier alpha value is -2.21. The van der Waals surface area contributed by atoms with Crippen molar-refractivity contribution in [3.05, 3.63) is 74.2 Å². The first-order chi connectivity index (χ1) is 9.99. The zero-order chi connectivity index (χ0) is 15.4. The number of benzene rings is 2. The standard InChI is InChI=1S/C15H12BrNO4/c16-12-7-5-10(6-8-12)13(15(18)19)9-11-3-1-2-4-14(11)17(20)21/h1-8,13H,9H2,(H,18,19). The summed E-state index contributed by atoms with van der Waals surface area (Å²) in [6.07, 6.45) is 0.0775. The summed E-state index contributed by atoms with van der Waals surface area (Å²) in [4.78, 5) is 22.0. The Balaban J connectivity index is 2.35. The number of carboxylic acids is 1. The zero-order valence-corrected chi connectivity index (χ0v) is 12.5. The topological polar surface area (TPSA) is 80.4 Å². The molecule has 2 rings (SSSR count). The fraction of sp³-hybridized carbons (Fsp3) is 0.133. The number of carboxylic acid groups (broad SMARTS) is 1. The smallest absolute Gasteiger partial charge is 0.311 e. The molecule has 0 saturated heterocycles. The van der Waals surface area contributed by atoms with Gasteiger partial charge in [0, 0.05) is 16.1 Å². The summed E-state index contributed by atoms with van der Waals surface area (Å²) in [7, 11) is 0. The lowest BCUT2D eigenvalue weighted by Gasteiger charge is -2.13. The second-order valence-electron chi connectivity index (χ2n) is 4.53. The SMILES string of the molecule is O=C(O)C(Cc1ccccc1[N+](=O)[O-])c1ccc(Br)cc1. The van der Waals surface area contributed by atoms with Gasteiger partial charge in [0.25, 0.3) is 5.69 Å². The minimum absolute atomic E-state index is 0.0548. The van der Waals surface area contributed by atoms with E-state index < -0.39 is 16.8 Å². The van der Waals surface area contributed by atoms with Gasteiger partial charge < -0.3 is 5.11 Å². The predicted molar refractivity (Wildman–Crippen MR) is 81.3 cm³/mol. The van der Waals surface area contributed by atoms with Gasteiger partial charge in [0.2, 0.25) is 0 Å². The first kappa shape index (κ1) is 15.2. The molecule has 0 radical (unpaired) electrons. The quantitative estimate of drug-likeness (QED) is 0.658. The molecule has 0 bridgehead atoms. The highest BCUT2D eigenvalue weighted by atomic mass is 79.9. The first-order valence-corrected chi connectivity index (χ1v) is 6.99. The normalized spacial score (nSPS) is 11.9. The molecule has 0 amide bonds. The van der Waals surface area contributed by atoms with E-state index in [4.69, 9.17) is 0 Å². The maximum atomic E-state index is 11.5. The maximum Gasteiger partial charge on any atom is 0.311 e. The molecule has 0 aliphatic heterocycles. The second kappa shape index (κ2) is 6.49. The molecule has 0 fully saturated rings. The number of nitro groups is 1. The molecule has 1 atom stereocenters. The summed E-state index contributed by atoms with van der Waals surface area (Å²) >= 11 is 3.29. The van der Waals surface area contributed by atoms with Crippen LogP contribution in [0.5, 0.6) is 0 Å². The summed E-state index contributed by atoms with van der Waals surface area (Å²) in [5, 5.41) is 20.4. The third-order valence-corrected chi connectivity index (χ3v) is 3.71. The Bertz CT molecular complexity index is 670. The first-order valence-electron chi connectivity index (χ1n) is 6.19. The number of carbonyl (C=O) groups is 1. The van der Waals surface area contributed by atoms with E-state index >= 15 is 0 Å². The minimum atomic E-state index is -1.00. The molecule has 21 heavy (non-hydrogen) atoms. The number of aliphatic carboxylic acids is 1. The number of nitro benzene ring substituents is 1. The van der Waals surface area contributed by atoms with Crippen molar-refractivity contribution in [2.75, 3.05) is 0 Å². The van der Waals surface area contributed by atoms with Gasteiger partial charge in [0.15, 0.2) is 0 Å². The monoisotopic (exact) mass is 349 g/mol. The van der Waals surface area contributed by atoms with Crippen LogP contribution in [-0.4, -0.2) is 16.0 Å². The third kappa shape index (κ3) is 3.66. The largest absolute Gasteiger partial charge is 0.481 e. The summed E-state index contributed by atoms with van der Waals surface area (Å²) < 4.78 is 0.848. The van der Waals surface area contributed by atoms with E-state index in [0.717, 1.165) is 4.47 Å². The molecule has 0 aliphatic rings. The van der Waals surface area contributed by atoms with Crippen LogP contribution < -0.4 is 0 Å². The van der Waals surface area contributed by atoms with E-state index in [1.54, 1.807) is 42.5 Å². The van der Waals surface area contributed by atoms with E-state index in [0.29, 0.717) is 11.1 Å². The molecular formula is C15H12BrNO4. The summed E-state index contributed by atoms with van der Waals surface area (Å²) in [5.41, 5.74) is 0.975. The fourth-order valence-corrected chi connectivity index (χ4v) is 2.39. The second-order valence-corrected chi connectivity index (χ2v) is 5.45. The van der Waals surface area contributed by atoms with Gasteiger partial charge in [0.05, 0.1) is 10.8 Å². The van der Waals surface area contributed by atoms with Crippen LogP contribution >= 0.6 is 15.9 Å². The van der Waals surface area contributed by atoms with Crippen molar-refractivity contribution >= 4 is 27.6 Å². The average Bonchev–Trinajstić information content (AvgIpc) is 2.46. The molecule has 1 N–H and O–H groups in total. The highest BCUT2D eigenvalue weighted by molar-refractivity contribution is 9.10. The number of halogens is 1. The number of hydrogen-bond donors (Lipinski definition) is 1. The van der Waals surface area contributed by atoms with Crippen LogP contribution in [0, 0.1) is 10.1 Å². The fourth-order valence-electron chi connectivity index (χ4n) is 2.12. The lowest BCUT2D eigenvalue weighted by Crippen LogP contribution is -2.15. The minimum Gasteiger partial charge on any atom is -0.481 e. The Kier molecular flexibility index (Phi) is 4.70. The van der Waals surface area contributed by atoms with Crippen molar-refractivity contribution in [3.8, 4) is 0 Å². The number of nitrogens with zero attached hydrogens (tertiary/aromatic N) is 1. The average molecular weight is 350 g/mol. The molecule has 6 heteroatoms. The van der Waals surface area contributed by atoms with Gasteiger partial charge >= 0.3 is 5.97 Å². The Labute approximate surface area is 129 Å². The molecule has 0 saturated carbocycles. The van der Waals surface area contributed by atoms with Crippen molar-refractivity contribution in [1.82, 2.24) is 0 Å². The van der Waals surface area contributed by atoms with Crippen molar-refractivity contribution in [1.29, 1.82) is 0 Å². The van der Waals surface area contributed by atoms with Gasteiger partial charge in [-0.15, -0.1) is 0 Å². The van der Waals surface area contributed by atoms with E-state index in [1.807, 2.05) is 0 Å².